The molecule has 0 unspecified atom stereocenters. The van der Waals surface area contributed by atoms with Crippen molar-refractivity contribution < 1.29 is 47.7 Å². The number of morpholine rings is 1. The summed E-state index contributed by atoms with van der Waals surface area (Å²) >= 11 is 0. The van der Waals surface area contributed by atoms with Crippen molar-refractivity contribution in [3.05, 3.63) is 53.6 Å². The molecule has 15 nitrogen and oxygen atoms in total. The summed E-state index contributed by atoms with van der Waals surface area (Å²) in [5.41, 5.74) is -0.587. The van der Waals surface area contributed by atoms with Gasteiger partial charge in [0.25, 0.3) is 11.8 Å². The predicted octanol–water partition coefficient (Wildman–Crippen LogP) is 5.05. The SMILES string of the molecule is CC(=O)O[C@@H](C(=O)Nc1ccc(C#N)c(CN(C(=O)OC(C)(C)C)C(=O)OC(C)(C)C)c1)[C@H]1OCCN(c2ccccc2N2CCCCC2=O)C1=O. The predicted molar refractivity (Wildman–Crippen MR) is 188 cm³/mol. The molecule has 15 heteroatoms. The van der Waals surface area contributed by atoms with Crippen molar-refractivity contribution in [3.63, 3.8) is 0 Å². The molecular formula is C37H45N5O10. The minimum atomic E-state index is -1.74. The lowest BCUT2D eigenvalue weighted by Gasteiger charge is -2.37. The van der Waals surface area contributed by atoms with Gasteiger partial charge in [-0.1, -0.05) is 12.1 Å². The van der Waals surface area contributed by atoms with Gasteiger partial charge in [0.2, 0.25) is 12.0 Å². The number of hydrogen-bond acceptors (Lipinski definition) is 11. The molecule has 5 amide bonds. The molecule has 2 aromatic rings. The number of amides is 5. The summed E-state index contributed by atoms with van der Waals surface area (Å²) in [6.07, 6.45) is -3.34. The van der Waals surface area contributed by atoms with Gasteiger partial charge in [-0.2, -0.15) is 5.26 Å². The van der Waals surface area contributed by atoms with Crippen LogP contribution in [-0.4, -0.2) is 83.9 Å². The summed E-state index contributed by atoms with van der Waals surface area (Å²) in [7, 11) is 0. The Kier molecular flexibility index (Phi) is 12.3. The minimum absolute atomic E-state index is 0.00406. The summed E-state index contributed by atoms with van der Waals surface area (Å²) in [6, 6.07) is 13.1. The zero-order valence-electron chi connectivity index (χ0n) is 30.5. The minimum Gasteiger partial charge on any atom is -0.449 e. The second kappa shape index (κ2) is 16.2. The van der Waals surface area contributed by atoms with E-state index in [0.29, 0.717) is 29.2 Å². The third kappa shape index (κ3) is 10.1. The molecule has 2 aliphatic rings. The van der Waals surface area contributed by atoms with E-state index in [1.807, 2.05) is 6.07 Å². The number of benzene rings is 2. The van der Waals surface area contributed by atoms with E-state index in [9.17, 15) is 34.0 Å². The number of carbonyl (C=O) groups is 6. The van der Waals surface area contributed by atoms with Gasteiger partial charge in [0.05, 0.1) is 36.2 Å². The third-order valence-electron chi connectivity index (χ3n) is 7.78. The molecule has 0 aliphatic carbocycles. The van der Waals surface area contributed by atoms with Crippen LogP contribution in [0.5, 0.6) is 0 Å². The largest absolute Gasteiger partial charge is 0.449 e. The van der Waals surface area contributed by atoms with Gasteiger partial charge in [-0.15, -0.1) is 0 Å². The van der Waals surface area contributed by atoms with Crippen LogP contribution >= 0.6 is 0 Å². The van der Waals surface area contributed by atoms with Crippen molar-refractivity contribution in [2.45, 2.75) is 97.7 Å². The number of nitrogens with one attached hydrogen (secondary N) is 1. The number of ether oxygens (including phenoxy) is 4. The molecule has 1 N–H and O–H groups in total. The van der Waals surface area contributed by atoms with Crippen molar-refractivity contribution in [2.24, 2.45) is 0 Å². The number of imide groups is 1. The normalized spacial score (nSPS) is 17.1. The summed E-state index contributed by atoms with van der Waals surface area (Å²) in [6.45, 7) is 11.0. The van der Waals surface area contributed by atoms with Gasteiger partial charge in [-0.05, 0) is 90.3 Å². The number of para-hydroxylation sites is 2. The molecule has 2 atom stereocenters. The summed E-state index contributed by atoms with van der Waals surface area (Å²) in [4.78, 5) is 82.9. The average molecular weight is 720 g/mol. The van der Waals surface area contributed by atoms with Crippen LogP contribution in [-0.2, 0) is 44.7 Å². The molecule has 278 valence electrons. The van der Waals surface area contributed by atoms with Gasteiger partial charge >= 0.3 is 18.2 Å². The number of carbonyl (C=O) groups excluding carboxylic acids is 6. The van der Waals surface area contributed by atoms with Crippen molar-refractivity contribution in [3.8, 4) is 6.07 Å². The lowest BCUT2D eigenvalue weighted by molar-refractivity contribution is -0.167. The number of piperidine rings is 1. The van der Waals surface area contributed by atoms with E-state index < -0.39 is 59.9 Å². The lowest BCUT2D eigenvalue weighted by atomic mass is 10.1. The van der Waals surface area contributed by atoms with Crippen molar-refractivity contribution in [1.29, 1.82) is 5.26 Å². The molecule has 2 saturated heterocycles. The highest BCUT2D eigenvalue weighted by Gasteiger charge is 2.43. The summed E-state index contributed by atoms with van der Waals surface area (Å²) in [5, 5.41) is 12.5. The van der Waals surface area contributed by atoms with Crippen molar-refractivity contribution in [1.82, 2.24) is 4.90 Å². The monoisotopic (exact) mass is 719 g/mol. The van der Waals surface area contributed by atoms with Crippen LogP contribution in [0.1, 0.15) is 78.9 Å². The molecular weight excluding hydrogens is 674 g/mol. The van der Waals surface area contributed by atoms with Crippen molar-refractivity contribution in [2.75, 3.05) is 34.8 Å². The molecule has 0 aromatic heterocycles. The molecule has 0 saturated carbocycles. The van der Waals surface area contributed by atoms with E-state index in [4.69, 9.17) is 18.9 Å². The third-order valence-corrected chi connectivity index (χ3v) is 7.78. The lowest BCUT2D eigenvalue weighted by Crippen LogP contribution is -2.57. The highest BCUT2D eigenvalue weighted by Crippen LogP contribution is 2.34. The maximum atomic E-state index is 14.0. The molecule has 2 heterocycles. The number of anilines is 3. The van der Waals surface area contributed by atoms with Gasteiger partial charge in [0.1, 0.15) is 11.2 Å². The maximum Gasteiger partial charge on any atom is 0.420 e. The van der Waals surface area contributed by atoms with Crippen LogP contribution < -0.4 is 15.1 Å². The highest BCUT2D eigenvalue weighted by atomic mass is 16.6. The first-order chi connectivity index (χ1) is 24.4. The number of esters is 1. The van der Waals surface area contributed by atoms with Crippen LogP contribution in [0.25, 0.3) is 0 Å². The molecule has 0 radical (unpaired) electrons. The average Bonchev–Trinajstić information content (AvgIpc) is 3.05. The zero-order valence-corrected chi connectivity index (χ0v) is 30.5. The topological polar surface area (TPSA) is 185 Å². The van der Waals surface area contributed by atoms with E-state index >= 15 is 0 Å². The molecule has 2 fully saturated rings. The first-order valence-electron chi connectivity index (χ1n) is 17.0. The summed E-state index contributed by atoms with van der Waals surface area (Å²) < 4.78 is 22.0. The standard InChI is InChI=1S/C37H45N5O10/c1-23(43)50-30(31-33(46)41(18-19-49-31)28-13-9-8-12-27(28)40-17-11-10-14-29(40)44)32(45)39-26-16-15-24(21-38)25(20-26)22-42(34(47)51-36(2,3)4)35(48)52-37(5,6)7/h8-9,12-13,15-16,20,30-31H,10-11,14,17-19,22H2,1-7H3,(H,39,45)/t30-,31-/m1/s1. The van der Waals surface area contributed by atoms with Crippen LogP contribution in [0, 0.1) is 11.3 Å². The van der Waals surface area contributed by atoms with Crippen molar-refractivity contribution >= 4 is 52.9 Å². The molecule has 2 aliphatic heterocycles. The van der Waals surface area contributed by atoms with E-state index in [1.165, 1.54) is 23.1 Å². The smallest absolute Gasteiger partial charge is 0.420 e. The van der Waals surface area contributed by atoms with E-state index in [0.717, 1.165) is 19.8 Å². The van der Waals surface area contributed by atoms with Crippen LogP contribution in [0.2, 0.25) is 0 Å². The van der Waals surface area contributed by atoms with E-state index in [2.05, 4.69) is 5.32 Å². The molecule has 0 spiro atoms. The number of nitriles is 1. The van der Waals surface area contributed by atoms with E-state index in [-0.39, 0.29) is 35.9 Å². The second-order valence-electron chi connectivity index (χ2n) is 14.3. The first-order valence-corrected chi connectivity index (χ1v) is 17.0. The van der Waals surface area contributed by atoms with Crippen LogP contribution in [0.15, 0.2) is 42.5 Å². The maximum absolute atomic E-state index is 14.0. The Bertz CT molecular complexity index is 1730. The van der Waals surface area contributed by atoms with Gasteiger partial charge in [-0.25, -0.2) is 14.5 Å². The fraction of sp³-hybridized carbons (Fsp3) is 0.486. The van der Waals surface area contributed by atoms with Crippen LogP contribution in [0.4, 0.5) is 26.7 Å². The highest BCUT2D eigenvalue weighted by molar-refractivity contribution is 6.07. The quantitative estimate of drug-likeness (QED) is 0.284. The first kappa shape index (κ1) is 39.3. The fourth-order valence-electron chi connectivity index (χ4n) is 5.61. The van der Waals surface area contributed by atoms with Gasteiger partial charge in [-0.3, -0.25) is 19.2 Å². The second-order valence-corrected chi connectivity index (χ2v) is 14.3. The Balaban J connectivity index is 1.62. The van der Waals surface area contributed by atoms with Crippen LogP contribution in [0.3, 0.4) is 0 Å². The molecule has 52 heavy (non-hydrogen) atoms. The molecule has 2 aromatic carbocycles. The molecule has 4 rings (SSSR count). The van der Waals surface area contributed by atoms with E-state index in [1.54, 1.807) is 70.7 Å². The summed E-state index contributed by atoms with van der Waals surface area (Å²) in [5.74, 6) is -2.48. The Morgan fingerprint density at radius 1 is 0.942 bits per heavy atom. The Morgan fingerprint density at radius 2 is 1.56 bits per heavy atom. The molecule has 0 bridgehead atoms. The zero-order chi connectivity index (χ0) is 38.4. The Morgan fingerprint density at radius 3 is 2.12 bits per heavy atom. The Hall–Kier alpha value is -5.49. The fourth-order valence-corrected chi connectivity index (χ4v) is 5.61. The Labute approximate surface area is 302 Å². The number of nitrogens with zero attached hydrogens (tertiary/aromatic N) is 4. The van der Waals surface area contributed by atoms with Gasteiger partial charge in [0, 0.05) is 32.1 Å². The number of hydrogen-bond donors (Lipinski definition) is 1. The van der Waals surface area contributed by atoms with Gasteiger partial charge < -0.3 is 34.1 Å². The number of rotatable bonds is 8. The van der Waals surface area contributed by atoms with Gasteiger partial charge in [0.15, 0.2) is 6.10 Å².